The minimum absolute atomic E-state index is 0. The van der Waals surface area contributed by atoms with Gasteiger partial charge in [0.05, 0.1) is 0 Å². The van der Waals surface area contributed by atoms with Gasteiger partial charge in [-0.05, 0) is 0 Å². The van der Waals surface area contributed by atoms with Crippen LogP contribution in [0.25, 0.3) is 0 Å². The topological polar surface area (TPSA) is 98.0 Å². The van der Waals surface area contributed by atoms with E-state index in [1.165, 1.54) is 12.7 Å². The summed E-state index contributed by atoms with van der Waals surface area (Å²) in [6, 6.07) is 0. The molecule has 1 amide bonds. The highest BCUT2D eigenvalue weighted by Crippen LogP contribution is 1.99. The fourth-order valence-corrected chi connectivity index (χ4v) is 0.703. The van der Waals surface area contributed by atoms with Gasteiger partial charge in [0.1, 0.15) is 12.7 Å². The molecule has 0 aromatic carbocycles. The van der Waals surface area contributed by atoms with Crippen LogP contribution in [0.3, 0.4) is 0 Å². The first kappa shape index (κ1) is 7.42. The predicted octanol–water partition coefficient (Wildman–Crippen LogP) is -1.39. The molecule has 0 aromatic heterocycles. The van der Waals surface area contributed by atoms with Crippen LogP contribution in [0.4, 0.5) is 0 Å². The number of hydrogen-bond acceptors (Lipinski definition) is 4. The van der Waals surface area contributed by atoms with Crippen molar-refractivity contribution in [2.24, 2.45) is 20.0 Å². The number of carbonyl (C=O) groups excluding carboxylic acids is 1. The summed E-state index contributed by atoms with van der Waals surface area (Å²) in [7, 11) is 0. The SMILES string of the molecule is O.O=C1N=CN=C2N=CN=C12. The van der Waals surface area contributed by atoms with E-state index in [1.54, 1.807) is 0 Å². The molecule has 0 atom stereocenters. The second-order valence-electron chi connectivity index (χ2n) is 1.72. The zero-order valence-electron chi connectivity index (χ0n) is 5.35. The van der Waals surface area contributed by atoms with Gasteiger partial charge in [-0.15, -0.1) is 0 Å². The highest BCUT2D eigenvalue weighted by atomic mass is 16.1. The first-order chi connectivity index (χ1) is 4.88. The van der Waals surface area contributed by atoms with Crippen molar-refractivity contribution in [1.82, 2.24) is 0 Å². The number of nitrogens with zero attached hydrogens (tertiary/aromatic N) is 4. The van der Waals surface area contributed by atoms with Gasteiger partial charge in [-0.1, -0.05) is 0 Å². The minimum atomic E-state index is -0.373. The van der Waals surface area contributed by atoms with Crippen molar-refractivity contribution < 1.29 is 10.3 Å². The molecular formula is C5H4N4O2. The van der Waals surface area contributed by atoms with Gasteiger partial charge in [0.25, 0.3) is 0 Å². The zero-order chi connectivity index (χ0) is 6.97. The van der Waals surface area contributed by atoms with E-state index in [2.05, 4.69) is 20.0 Å². The summed E-state index contributed by atoms with van der Waals surface area (Å²) >= 11 is 0. The van der Waals surface area contributed by atoms with E-state index in [0.717, 1.165) is 0 Å². The monoisotopic (exact) mass is 152 g/mol. The van der Waals surface area contributed by atoms with E-state index < -0.39 is 0 Å². The third kappa shape index (κ3) is 0.987. The van der Waals surface area contributed by atoms with Crippen molar-refractivity contribution in [2.45, 2.75) is 0 Å². The Kier molecular flexibility index (Phi) is 1.69. The van der Waals surface area contributed by atoms with Gasteiger partial charge < -0.3 is 5.48 Å². The molecule has 2 aliphatic rings. The van der Waals surface area contributed by atoms with Crippen molar-refractivity contribution >= 4 is 30.1 Å². The number of rotatable bonds is 0. The molecule has 0 radical (unpaired) electrons. The van der Waals surface area contributed by atoms with Crippen LogP contribution in [0.15, 0.2) is 20.0 Å². The van der Waals surface area contributed by atoms with Crippen LogP contribution in [0, 0.1) is 0 Å². The molecule has 0 spiro atoms. The molecule has 6 nitrogen and oxygen atoms in total. The summed E-state index contributed by atoms with van der Waals surface area (Å²) < 4.78 is 0. The third-order valence-corrected chi connectivity index (χ3v) is 1.14. The van der Waals surface area contributed by atoms with Crippen molar-refractivity contribution in [1.29, 1.82) is 0 Å². The average Bonchev–Trinajstić information content (AvgIpc) is 2.36. The second kappa shape index (κ2) is 2.51. The Hall–Kier alpha value is -1.69. The summed E-state index contributed by atoms with van der Waals surface area (Å²) in [6.45, 7) is 0. The van der Waals surface area contributed by atoms with Gasteiger partial charge in [0.2, 0.25) is 0 Å². The van der Waals surface area contributed by atoms with E-state index >= 15 is 0 Å². The molecular weight excluding hydrogens is 148 g/mol. The fourth-order valence-electron chi connectivity index (χ4n) is 0.703. The Bertz CT molecular complexity index is 306. The summed E-state index contributed by atoms with van der Waals surface area (Å²) in [4.78, 5) is 25.3. The Morgan fingerprint density at radius 2 is 1.82 bits per heavy atom. The van der Waals surface area contributed by atoms with Crippen molar-refractivity contribution in [3.8, 4) is 0 Å². The van der Waals surface area contributed by atoms with Crippen LogP contribution in [0.5, 0.6) is 0 Å². The summed E-state index contributed by atoms with van der Waals surface area (Å²) in [5.74, 6) is -0.0116. The maximum Gasteiger partial charge on any atom is 0.301 e. The Balaban J connectivity index is 0.000000605. The fraction of sp³-hybridized carbons (Fsp3) is 0. The standard InChI is InChI=1S/C5H2N4O.H2O/c10-5-3-4(7-1-6-3)8-2-9-5;/h1-2H;1H2. The highest BCUT2D eigenvalue weighted by molar-refractivity contribution is 6.70. The number of fused-ring (bicyclic) bond motifs is 1. The molecule has 0 aliphatic carbocycles. The summed E-state index contributed by atoms with van der Waals surface area (Å²) in [5.41, 5.74) is 0.238. The van der Waals surface area contributed by atoms with Crippen LogP contribution in [0.1, 0.15) is 0 Å². The lowest BCUT2D eigenvalue weighted by atomic mass is 10.3. The molecule has 2 N–H and O–H groups in total. The molecule has 2 rings (SSSR count). The molecule has 11 heavy (non-hydrogen) atoms. The van der Waals surface area contributed by atoms with Gasteiger partial charge in [-0.25, -0.2) is 15.0 Å². The number of carbonyl (C=O) groups is 1. The van der Waals surface area contributed by atoms with E-state index in [1.807, 2.05) is 0 Å². The molecule has 0 fully saturated rings. The normalized spacial score (nSPS) is 18.7. The predicted molar refractivity (Wildman–Crippen MR) is 40.5 cm³/mol. The van der Waals surface area contributed by atoms with Crippen LogP contribution in [0.2, 0.25) is 0 Å². The lowest BCUT2D eigenvalue weighted by Crippen LogP contribution is -2.21. The zero-order valence-corrected chi connectivity index (χ0v) is 5.35. The Morgan fingerprint density at radius 3 is 2.55 bits per heavy atom. The third-order valence-electron chi connectivity index (χ3n) is 1.14. The van der Waals surface area contributed by atoms with Crippen LogP contribution >= 0.6 is 0 Å². The molecule has 0 bridgehead atoms. The molecule has 2 heterocycles. The van der Waals surface area contributed by atoms with Crippen LogP contribution in [-0.4, -0.2) is 35.6 Å². The first-order valence-electron chi connectivity index (χ1n) is 2.63. The molecule has 0 saturated heterocycles. The maximum absolute atomic E-state index is 10.8. The van der Waals surface area contributed by atoms with E-state index in [4.69, 9.17) is 0 Å². The molecule has 2 aliphatic heterocycles. The summed E-state index contributed by atoms with van der Waals surface area (Å²) in [5, 5.41) is 0. The second-order valence-corrected chi connectivity index (χ2v) is 1.72. The first-order valence-corrected chi connectivity index (χ1v) is 2.63. The van der Waals surface area contributed by atoms with Gasteiger partial charge in [-0.3, -0.25) is 4.79 Å². The van der Waals surface area contributed by atoms with Gasteiger partial charge in [0, 0.05) is 0 Å². The van der Waals surface area contributed by atoms with Crippen LogP contribution < -0.4 is 0 Å². The average molecular weight is 152 g/mol. The maximum atomic E-state index is 10.8. The molecule has 0 saturated carbocycles. The van der Waals surface area contributed by atoms with Crippen molar-refractivity contribution in [3.63, 3.8) is 0 Å². The Labute approximate surface area is 61.4 Å². The number of hydrogen-bond donors (Lipinski definition) is 0. The molecule has 0 aromatic rings. The minimum Gasteiger partial charge on any atom is -0.412 e. The van der Waals surface area contributed by atoms with Crippen LogP contribution in [-0.2, 0) is 4.79 Å². The van der Waals surface area contributed by atoms with E-state index in [9.17, 15) is 4.79 Å². The largest absolute Gasteiger partial charge is 0.412 e. The number of amides is 1. The lowest BCUT2D eigenvalue weighted by Gasteiger charge is -1.96. The van der Waals surface area contributed by atoms with Crippen molar-refractivity contribution in [3.05, 3.63) is 0 Å². The van der Waals surface area contributed by atoms with Gasteiger partial charge in [-0.2, -0.15) is 4.99 Å². The number of amidine groups is 1. The van der Waals surface area contributed by atoms with Gasteiger partial charge in [0.15, 0.2) is 11.5 Å². The number of aliphatic imine (C=N–C) groups is 4. The lowest BCUT2D eigenvalue weighted by molar-refractivity contribution is -0.111. The molecule has 56 valence electrons. The van der Waals surface area contributed by atoms with Crippen molar-refractivity contribution in [2.75, 3.05) is 0 Å². The van der Waals surface area contributed by atoms with E-state index in [-0.39, 0.29) is 17.1 Å². The molecule has 0 unspecified atom stereocenters. The van der Waals surface area contributed by atoms with Gasteiger partial charge >= 0.3 is 5.91 Å². The smallest absolute Gasteiger partial charge is 0.301 e. The quantitative estimate of drug-likeness (QED) is 0.419. The Morgan fingerprint density at radius 1 is 1.09 bits per heavy atom. The van der Waals surface area contributed by atoms with E-state index in [0.29, 0.717) is 5.84 Å². The molecule has 6 heteroatoms. The highest BCUT2D eigenvalue weighted by Gasteiger charge is 2.21. The summed E-state index contributed by atoms with van der Waals surface area (Å²) in [6.07, 6.45) is 2.47.